The maximum Gasteiger partial charge on any atom is 0.0989 e. The number of hydrogen-bond acceptors (Lipinski definition) is 2. The van der Waals surface area contributed by atoms with Crippen molar-refractivity contribution in [3.05, 3.63) is 16.1 Å². The van der Waals surface area contributed by atoms with Crippen LogP contribution in [0, 0.1) is 24.7 Å². The van der Waals surface area contributed by atoms with Crippen LogP contribution in [0.3, 0.4) is 0 Å². The van der Waals surface area contributed by atoms with Crippen molar-refractivity contribution in [3.63, 3.8) is 0 Å². The van der Waals surface area contributed by atoms with Crippen molar-refractivity contribution >= 4 is 11.3 Å². The molecule has 0 aliphatic heterocycles. The molecule has 16 heavy (non-hydrogen) atoms. The molecule has 4 saturated carbocycles. The van der Waals surface area contributed by atoms with Gasteiger partial charge in [0.15, 0.2) is 0 Å². The lowest BCUT2D eigenvalue weighted by Gasteiger charge is -2.56. The second-order valence-electron chi connectivity index (χ2n) is 6.47. The maximum atomic E-state index is 4.72. The fraction of sp³-hybridized carbons (Fsp3) is 0.786. The zero-order valence-corrected chi connectivity index (χ0v) is 10.7. The Morgan fingerprint density at radius 2 is 1.69 bits per heavy atom. The van der Waals surface area contributed by atoms with Gasteiger partial charge < -0.3 is 0 Å². The van der Waals surface area contributed by atoms with Crippen molar-refractivity contribution in [2.24, 2.45) is 17.8 Å². The average molecular weight is 233 g/mol. The van der Waals surface area contributed by atoms with Crippen molar-refractivity contribution < 1.29 is 0 Å². The molecule has 4 bridgehead atoms. The molecular formula is C14H19NS. The molecule has 1 heterocycles. The zero-order valence-electron chi connectivity index (χ0n) is 9.91. The van der Waals surface area contributed by atoms with Crippen LogP contribution in [-0.4, -0.2) is 4.98 Å². The minimum absolute atomic E-state index is 0.522. The summed E-state index contributed by atoms with van der Waals surface area (Å²) in [6.07, 6.45) is 11.0. The molecule has 0 spiro atoms. The number of thiazole rings is 1. The summed E-state index contributed by atoms with van der Waals surface area (Å²) in [5, 5.41) is 1.48. The molecule has 0 saturated heterocycles. The van der Waals surface area contributed by atoms with Crippen molar-refractivity contribution in [2.45, 2.75) is 50.9 Å². The van der Waals surface area contributed by atoms with Crippen molar-refractivity contribution in [1.82, 2.24) is 4.98 Å². The van der Waals surface area contributed by atoms with E-state index < -0.39 is 0 Å². The monoisotopic (exact) mass is 233 g/mol. The van der Waals surface area contributed by atoms with Crippen molar-refractivity contribution in [3.8, 4) is 0 Å². The van der Waals surface area contributed by atoms with Crippen LogP contribution in [-0.2, 0) is 5.41 Å². The minimum Gasteiger partial charge on any atom is -0.249 e. The van der Waals surface area contributed by atoms with Gasteiger partial charge in [0.2, 0.25) is 0 Å². The number of aromatic nitrogens is 1. The first-order valence-electron chi connectivity index (χ1n) is 6.66. The third kappa shape index (κ3) is 1.25. The Bertz CT molecular complexity index is 385. The van der Waals surface area contributed by atoms with E-state index in [1.54, 1.807) is 0 Å². The van der Waals surface area contributed by atoms with Gasteiger partial charge in [-0.05, 0) is 63.2 Å². The smallest absolute Gasteiger partial charge is 0.0989 e. The summed E-state index contributed by atoms with van der Waals surface area (Å²) < 4.78 is 0. The Morgan fingerprint density at radius 1 is 1.12 bits per heavy atom. The molecule has 0 unspecified atom stereocenters. The van der Waals surface area contributed by atoms with Crippen LogP contribution in [0.2, 0.25) is 0 Å². The number of rotatable bonds is 1. The summed E-state index contributed by atoms with van der Waals surface area (Å²) in [6.45, 7) is 2.20. The summed E-state index contributed by atoms with van der Waals surface area (Å²) in [4.78, 5) is 6.12. The Kier molecular flexibility index (Phi) is 1.86. The minimum atomic E-state index is 0.522. The van der Waals surface area contributed by atoms with E-state index >= 15 is 0 Å². The van der Waals surface area contributed by atoms with Crippen LogP contribution in [0.15, 0.2) is 6.20 Å². The lowest BCUT2D eigenvalue weighted by atomic mass is 9.50. The van der Waals surface area contributed by atoms with Gasteiger partial charge >= 0.3 is 0 Å². The second-order valence-corrected chi connectivity index (χ2v) is 7.71. The van der Waals surface area contributed by atoms with Crippen LogP contribution in [0.25, 0.3) is 0 Å². The highest BCUT2D eigenvalue weighted by Gasteiger charge is 2.52. The molecule has 1 aromatic heterocycles. The molecule has 5 rings (SSSR count). The van der Waals surface area contributed by atoms with E-state index in [1.165, 1.54) is 48.4 Å². The highest BCUT2D eigenvalue weighted by Crippen LogP contribution is 2.61. The number of nitrogens with zero attached hydrogens (tertiary/aromatic N) is 1. The van der Waals surface area contributed by atoms with Gasteiger partial charge in [0.25, 0.3) is 0 Å². The normalized spacial score (nSPS) is 45.2. The molecule has 4 fully saturated rings. The van der Waals surface area contributed by atoms with Gasteiger partial charge in [-0.3, -0.25) is 0 Å². The van der Waals surface area contributed by atoms with Gasteiger partial charge in [-0.1, -0.05) is 0 Å². The van der Waals surface area contributed by atoms with Crippen LogP contribution in [0.5, 0.6) is 0 Å². The van der Waals surface area contributed by atoms with Crippen LogP contribution >= 0.6 is 11.3 Å². The maximum absolute atomic E-state index is 4.72. The summed E-state index contributed by atoms with van der Waals surface area (Å²) in [5.41, 5.74) is 0.522. The van der Waals surface area contributed by atoms with Crippen LogP contribution in [0.1, 0.15) is 48.4 Å². The summed E-state index contributed by atoms with van der Waals surface area (Å²) in [7, 11) is 0. The SMILES string of the molecule is Cc1cnc(C23CC4CC(CC(C4)C2)C3)s1. The van der Waals surface area contributed by atoms with Gasteiger partial charge in [-0.15, -0.1) is 11.3 Å². The topological polar surface area (TPSA) is 12.9 Å². The van der Waals surface area contributed by atoms with E-state index in [9.17, 15) is 0 Å². The molecule has 4 aliphatic carbocycles. The van der Waals surface area contributed by atoms with E-state index in [1.807, 2.05) is 11.3 Å². The third-order valence-electron chi connectivity index (χ3n) is 5.11. The predicted molar refractivity (Wildman–Crippen MR) is 66.7 cm³/mol. The second kappa shape index (κ2) is 3.10. The van der Waals surface area contributed by atoms with Crippen LogP contribution < -0.4 is 0 Å². The Labute approximate surface area is 101 Å². The van der Waals surface area contributed by atoms with Gasteiger partial charge in [0.1, 0.15) is 0 Å². The van der Waals surface area contributed by atoms with E-state index in [4.69, 9.17) is 4.98 Å². The van der Waals surface area contributed by atoms with E-state index in [2.05, 4.69) is 13.1 Å². The Morgan fingerprint density at radius 3 is 2.12 bits per heavy atom. The number of hydrogen-bond donors (Lipinski definition) is 0. The average Bonchev–Trinajstić information content (AvgIpc) is 2.63. The standard InChI is InChI=1S/C14H19NS/c1-9-8-15-13(16-9)14-5-10-2-11(6-14)4-12(3-10)7-14/h8,10-12H,2-7H2,1H3. The van der Waals surface area contributed by atoms with Crippen molar-refractivity contribution in [2.75, 3.05) is 0 Å². The highest BCUT2D eigenvalue weighted by atomic mass is 32.1. The summed E-state index contributed by atoms with van der Waals surface area (Å²) in [5.74, 6) is 3.11. The molecule has 0 N–H and O–H groups in total. The zero-order chi connectivity index (χ0) is 10.8. The van der Waals surface area contributed by atoms with Gasteiger partial charge in [-0.2, -0.15) is 0 Å². The van der Waals surface area contributed by atoms with E-state index in [-0.39, 0.29) is 0 Å². The first-order chi connectivity index (χ1) is 7.73. The summed E-state index contributed by atoms with van der Waals surface area (Å²) >= 11 is 1.97. The molecule has 4 aliphatic rings. The fourth-order valence-electron chi connectivity index (χ4n) is 4.97. The molecule has 0 atom stereocenters. The van der Waals surface area contributed by atoms with Gasteiger partial charge in [0.05, 0.1) is 5.01 Å². The third-order valence-corrected chi connectivity index (χ3v) is 6.27. The largest absolute Gasteiger partial charge is 0.249 e. The fourth-order valence-corrected chi connectivity index (χ4v) is 5.95. The Balaban J connectivity index is 1.76. The number of aryl methyl sites for hydroxylation is 1. The van der Waals surface area contributed by atoms with Crippen LogP contribution in [0.4, 0.5) is 0 Å². The molecular weight excluding hydrogens is 214 g/mol. The molecule has 0 amide bonds. The quantitative estimate of drug-likeness (QED) is 0.716. The molecule has 0 aromatic carbocycles. The molecule has 1 nitrogen and oxygen atoms in total. The van der Waals surface area contributed by atoms with Crippen molar-refractivity contribution in [1.29, 1.82) is 0 Å². The first-order valence-corrected chi connectivity index (χ1v) is 7.48. The highest BCUT2D eigenvalue weighted by molar-refractivity contribution is 7.11. The predicted octanol–water partition coefficient (Wildman–Crippen LogP) is 3.92. The molecule has 1 aromatic rings. The molecule has 0 radical (unpaired) electrons. The lowest BCUT2D eigenvalue weighted by Crippen LogP contribution is -2.48. The molecule has 86 valence electrons. The molecule has 2 heteroatoms. The summed E-state index contributed by atoms with van der Waals surface area (Å²) in [6, 6.07) is 0. The van der Waals surface area contributed by atoms with E-state index in [0.717, 1.165) is 17.8 Å². The first kappa shape index (κ1) is 9.64. The lowest BCUT2D eigenvalue weighted by molar-refractivity contribution is -0.00527. The Hall–Kier alpha value is -0.370. The van der Waals surface area contributed by atoms with Gasteiger partial charge in [0, 0.05) is 16.5 Å². The van der Waals surface area contributed by atoms with E-state index in [0.29, 0.717) is 5.41 Å². The van der Waals surface area contributed by atoms with Gasteiger partial charge in [-0.25, -0.2) is 4.98 Å².